The first kappa shape index (κ1) is 15.5. The van der Waals surface area contributed by atoms with Gasteiger partial charge in [0.15, 0.2) is 5.65 Å². The number of likely N-dealkylation sites (tertiary alicyclic amines) is 1. The largest absolute Gasteiger partial charge is 0.312 e. The van der Waals surface area contributed by atoms with Gasteiger partial charge in [-0.1, -0.05) is 27.2 Å². The monoisotopic (exact) mass is 300 g/mol. The number of fused-ring (bicyclic) bond motifs is 1. The summed E-state index contributed by atoms with van der Waals surface area (Å²) >= 11 is 0. The Labute approximate surface area is 133 Å². The lowest BCUT2D eigenvalue weighted by molar-refractivity contribution is 0.180. The first-order valence-electron chi connectivity index (χ1n) is 8.44. The Morgan fingerprint density at radius 3 is 2.82 bits per heavy atom. The van der Waals surface area contributed by atoms with E-state index >= 15 is 0 Å². The highest BCUT2D eigenvalue weighted by Gasteiger charge is 2.24. The molecule has 1 aliphatic heterocycles. The van der Waals surface area contributed by atoms with Crippen molar-refractivity contribution in [3.8, 4) is 0 Å². The van der Waals surface area contributed by atoms with Gasteiger partial charge in [-0.05, 0) is 44.0 Å². The third kappa shape index (κ3) is 3.32. The van der Waals surface area contributed by atoms with Crippen molar-refractivity contribution in [2.24, 2.45) is 5.41 Å². The van der Waals surface area contributed by atoms with Gasteiger partial charge in [0.25, 0.3) is 0 Å². The Balaban J connectivity index is 1.95. The molecular formula is C18H28N4. The molecule has 0 N–H and O–H groups in total. The smallest absolute Gasteiger partial charge is 0.160 e. The second-order valence-electron chi connectivity index (χ2n) is 7.86. The zero-order valence-electron chi connectivity index (χ0n) is 14.3. The van der Waals surface area contributed by atoms with E-state index in [0.717, 1.165) is 24.1 Å². The van der Waals surface area contributed by atoms with Crippen LogP contribution in [0, 0.1) is 5.41 Å². The normalized spacial score (nSPS) is 20.6. The van der Waals surface area contributed by atoms with Gasteiger partial charge in [-0.2, -0.15) is 0 Å². The standard InChI is InChI=1S/C18H28N4/c1-18(2,3)13-22-16(12-14-8-5-6-11-21(14)4)20-15-9-7-10-19-17(15)22/h7,9-10,14H,5-6,8,11-13H2,1-4H3. The summed E-state index contributed by atoms with van der Waals surface area (Å²) in [5.74, 6) is 1.20. The fourth-order valence-corrected chi connectivity index (χ4v) is 3.41. The number of pyridine rings is 1. The highest BCUT2D eigenvalue weighted by Crippen LogP contribution is 2.25. The molecule has 3 rings (SSSR count). The number of hydrogen-bond donors (Lipinski definition) is 0. The van der Waals surface area contributed by atoms with Gasteiger partial charge in [0.05, 0.1) is 0 Å². The fourth-order valence-electron chi connectivity index (χ4n) is 3.41. The lowest BCUT2D eigenvalue weighted by Crippen LogP contribution is -2.38. The summed E-state index contributed by atoms with van der Waals surface area (Å²) in [4.78, 5) is 12.0. The quantitative estimate of drug-likeness (QED) is 0.870. The molecule has 4 nitrogen and oxygen atoms in total. The molecule has 2 aromatic heterocycles. The van der Waals surface area contributed by atoms with Gasteiger partial charge in [-0.3, -0.25) is 0 Å². The molecule has 0 aromatic carbocycles. The van der Waals surface area contributed by atoms with E-state index in [-0.39, 0.29) is 5.41 Å². The molecule has 0 saturated carbocycles. The van der Waals surface area contributed by atoms with Crippen LogP contribution in [0.3, 0.4) is 0 Å². The number of imidazole rings is 1. The molecule has 2 aromatic rings. The molecule has 1 aliphatic rings. The maximum absolute atomic E-state index is 4.90. The SMILES string of the molecule is CN1CCCCC1Cc1nc2cccnc2n1CC(C)(C)C. The molecule has 1 unspecified atom stereocenters. The van der Waals surface area contributed by atoms with Gasteiger partial charge in [-0.15, -0.1) is 0 Å². The van der Waals surface area contributed by atoms with E-state index in [4.69, 9.17) is 4.98 Å². The van der Waals surface area contributed by atoms with Gasteiger partial charge < -0.3 is 9.47 Å². The van der Waals surface area contributed by atoms with Crippen LogP contribution in [-0.2, 0) is 13.0 Å². The molecule has 4 heteroatoms. The number of nitrogens with zero attached hydrogens (tertiary/aromatic N) is 4. The maximum atomic E-state index is 4.90. The van der Waals surface area contributed by atoms with Crippen LogP contribution in [0.5, 0.6) is 0 Å². The van der Waals surface area contributed by atoms with Crippen molar-refractivity contribution < 1.29 is 0 Å². The zero-order valence-corrected chi connectivity index (χ0v) is 14.3. The minimum absolute atomic E-state index is 0.221. The summed E-state index contributed by atoms with van der Waals surface area (Å²) in [5.41, 5.74) is 2.28. The molecule has 22 heavy (non-hydrogen) atoms. The number of hydrogen-bond acceptors (Lipinski definition) is 3. The molecule has 1 atom stereocenters. The van der Waals surface area contributed by atoms with E-state index in [2.05, 4.69) is 48.3 Å². The first-order valence-corrected chi connectivity index (χ1v) is 8.44. The Bertz CT molecular complexity index is 638. The van der Waals surface area contributed by atoms with E-state index < -0.39 is 0 Å². The minimum Gasteiger partial charge on any atom is -0.312 e. The van der Waals surface area contributed by atoms with Gasteiger partial charge in [0.2, 0.25) is 0 Å². The molecule has 3 heterocycles. The van der Waals surface area contributed by atoms with Crippen LogP contribution in [0.15, 0.2) is 18.3 Å². The van der Waals surface area contributed by atoms with Crippen LogP contribution < -0.4 is 0 Å². The predicted octanol–water partition coefficient (Wildman–Crippen LogP) is 3.50. The van der Waals surface area contributed by atoms with Gasteiger partial charge in [0, 0.05) is 25.2 Å². The molecule has 1 fully saturated rings. The molecular weight excluding hydrogens is 272 g/mol. The number of aromatic nitrogens is 3. The van der Waals surface area contributed by atoms with E-state index in [1.165, 1.54) is 31.6 Å². The van der Waals surface area contributed by atoms with Crippen molar-refractivity contribution in [2.75, 3.05) is 13.6 Å². The highest BCUT2D eigenvalue weighted by atomic mass is 15.2. The van der Waals surface area contributed by atoms with E-state index in [1.54, 1.807) is 0 Å². The van der Waals surface area contributed by atoms with Crippen molar-refractivity contribution in [3.63, 3.8) is 0 Å². The average Bonchev–Trinajstić information content (AvgIpc) is 2.78. The van der Waals surface area contributed by atoms with Crippen LogP contribution in [-0.4, -0.2) is 39.1 Å². The summed E-state index contributed by atoms with van der Waals surface area (Å²) in [6.45, 7) is 9.00. The number of rotatable bonds is 3. The third-order valence-corrected chi connectivity index (χ3v) is 4.55. The molecule has 120 valence electrons. The Kier molecular flexibility index (Phi) is 4.22. The predicted molar refractivity (Wildman–Crippen MR) is 91.0 cm³/mol. The molecule has 0 aliphatic carbocycles. The second-order valence-corrected chi connectivity index (χ2v) is 7.86. The van der Waals surface area contributed by atoms with E-state index in [0.29, 0.717) is 6.04 Å². The van der Waals surface area contributed by atoms with Crippen LogP contribution in [0.2, 0.25) is 0 Å². The summed E-state index contributed by atoms with van der Waals surface area (Å²) in [6.07, 6.45) is 6.85. The van der Waals surface area contributed by atoms with Gasteiger partial charge in [0.1, 0.15) is 11.3 Å². The number of piperidine rings is 1. The highest BCUT2D eigenvalue weighted by molar-refractivity contribution is 5.71. The van der Waals surface area contributed by atoms with Crippen LogP contribution in [0.4, 0.5) is 0 Å². The minimum atomic E-state index is 0.221. The molecule has 0 amide bonds. The lowest BCUT2D eigenvalue weighted by Gasteiger charge is -2.32. The topological polar surface area (TPSA) is 34.0 Å². The van der Waals surface area contributed by atoms with Crippen molar-refractivity contribution in [1.29, 1.82) is 0 Å². The summed E-state index contributed by atoms with van der Waals surface area (Å²) in [6, 6.07) is 4.67. The second kappa shape index (κ2) is 5.99. The van der Waals surface area contributed by atoms with Crippen molar-refractivity contribution in [2.45, 2.75) is 59.0 Å². The molecule has 0 spiro atoms. The molecule has 1 saturated heterocycles. The van der Waals surface area contributed by atoms with Gasteiger partial charge in [-0.25, -0.2) is 9.97 Å². The van der Waals surface area contributed by atoms with Crippen LogP contribution in [0.1, 0.15) is 45.9 Å². The Hall–Kier alpha value is -1.42. The van der Waals surface area contributed by atoms with Crippen molar-refractivity contribution in [3.05, 3.63) is 24.2 Å². The molecule has 0 bridgehead atoms. The Morgan fingerprint density at radius 1 is 1.27 bits per heavy atom. The van der Waals surface area contributed by atoms with Crippen LogP contribution in [0.25, 0.3) is 11.2 Å². The van der Waals surface area contributed by atoms with E-state index in [1.807, 2.05) is 12.3 Å². The maximum Gasteiger partial charge on any atom is 0.160 e. The average molecular weight is 300 g/mol. The van der Waals surface area contributed by atoms with Crippen molar-refractivity contribution >= 4 is 11.2 Å². The third-order valence-electron chi connectivity index (χ3n) is 4.55. The summed E-state index contributed by atoms with van der Waals surface area (Å²) < 4.78 is 2.35. The summed E-state index contributed by atoms with van der Waals surface area (Å²) in [5, 5.41) is 0. The van der Waals surface area contributed by atoms with Crippen molar-refractivity contribution in [1.82, 2.24) is 19.4 Å². The zero-order chi connectivity index (χ0) is 15.7. The first-order chi connectivity index (χ1) is 10.4. The summed E-state index contributed by atoms with van der Waals surface area (Å²) in [7, 11) is 2.25. The fraction of sp³-hybridized carbons (Fsp3) is 0.667. The number of likely N-dealkylation sites (N-methyl/N-ethyl adjacent to an activating group) is 1. The lowest BCUT2D eigenvalue weighted by atomic mass is 9.96. The van der Waals surface area contributed by atoms with Crippen LogP contribution >= 0.6 is 0 Å². The van der Waals surface area contributed by atoms with E-state index in [9.17, 15) is 0 Å². The molecule has 0 radical (unpaired) electrons. The van der Waals surface area contributed by atoms with Gasteiger partial charge >= 0.3 is 0 Å². The Morgan fingerprint density at radius 2 is 2.09 bits per heavy atom.